The molecule has 0 aliphatic heterocycles. The van der Waals surface area contributed by atoms with Gasteiger partial charge in [-0.3, -0.25) is 0 Å². The Kier molecular flexibility index (Phi) is 7.55. The number of fused-ring (bicyclic) bond motifs is 1. The minimum atomic E-state index is -1.26. The van der Waals surface area contributed by atoms with Crippen molar-refractivity contribution in [1.29, 1.82) is 0 Å². The van der Waals surface area contributed by atoms with Gasteiger partial charge in [0.05, 0.1) is 17.8 Å². The lowest BCUT2D eigenvalue weighted by Crippen LogP contribution is -2.37. The molecule has 0 unspecified atom stereocenters. The van der Waals surface area contributed by atoms with Gasteiger partial charge in [-0.15, -0.1) is 0 Å². The Labute approximate surface area is 188 Å². The lowest BCUT2D eigenvalue weighted by molar-refractivity contribution is -0.0119. The molecule has 31 heavy (non-hydrogen) atoms. The smallest absolute Gasteiger partial charge is 0.128 e. The fourth-order valence-corrected chi connectivity index (χ4v) is 6.64. The molecular weight excluding hydrogens is 391 g/mol. The molecule has 7 atom stereocenters. The third-order valence-corrected chi connectivity index (χ3v) is 8.63. The third-order valence-electron chi connectivity index (χ3n) is 8.63. The Morgan fingerprint density at radius 2 is 1.94 bits per heavy atom. The summed E-state index contributed by atoms with van der Waals surface area (Å²) in [5.74, 6) is 1.57. The molecule has 0 aromatic heterocycles. The van der Waals surface area contributed by atoms with E-state index in [1.807, 2.05) is 0 Å². The van der Waals surface area contributed by atoms with Crippen LogP contribution in [0.3, 0.4) is 0 Å². The lowest BCUT2D eigenvalue weighted by Gasteiger charge is -2.44. The van der Waals surface area contributed by atoms with Gasteiger partial charge < -0.3 is 15.3 Å². The third kappa shape index (κ3) is 5.34. The summed E-state index contributed by atoms with van der Waals surface area (Å²) >= 11 is 0. The maximum Gasteiger partial charge on any atom is 0.128 e. The van der Waals surface area contributed by atoms with Crippen LogP contribution >= 0.6 is 0 Å². The fourth-order valence-electron chi connectivity index (χ4n) is 6.64. The van der Waals surface area contributed by atoms with Crippen LogP contribution in [-0.2, 0) is 0 Å². The largest absolute Gasteiger partial charge is 0.393 e. The highest BCUT2D eigenvalue weighted by Gasteiger charge is 2.50. The molecule has 0 heterocycles. The van der Waals surface area contributed by atoms with Crippen molar-refractivity contribution in [3.63, 3.8) is 0 Å². The zero-order chi connectivity index (χ0) is 23.0. The van der Waals surface area contributed by atoms with Crippen molar-refractivity contribution in [3.8, 4) is 0 Å². The monoisotopic (exact) mass is 434 g/mol. The Balaban J connectivity index is 1.71. The van der Waals surface area contributed by atoms with E-state index in [2.05, 4.69) is 32.6 Å². The van der Waals surface area contributed by atoms with Gasteiger partial charge in [0.15, 0.2) is 0 Å². The number of aliphatic hydroxyl groups is 3. The molecule has 0 radical (unpaired) electrons. The molecule has 3 fully saturated rings. The Bertz CT molecular complexity index is 718. The van der Waals surface area contributed by atoms with Gasteiger partial charge in [0.2, 0.25) is 0 Å². The first-order valence-corrected chi connectivity index (χ1v) is 12.2. The van der Waals surface area contributed by atoms with Crippen molar-refractivity contribution in [1.82, 2.24) is 0 Å². The molecule has 4 heteroatoms. The van der Waals surface area contributed by atoms with E-state index in [4.69, 9.17) is 0 Å². The van der Waals surface area contributed by atoms with E-state index in [-0.39, 0.29) is 5.41 Å². The van der Waals surface area contributed by atoms with Gasteiger partial charge in [-0.2, -0.15) is 0 Å². The molecule has 0 saturated heterocycles. The highest BCUT2D eigenvalue weighted by molar-refractivity contribution is 5.38. The molecule has 3 nitrogen and oxygen atoms in total. The van der Waals surface area contributed by atoms with Crippen molar-refractivity contribution in [2.45, 2.75) is 109 Å². The van der Waals surface area contributed by atoms with Gasteiger partial charge >= 0.3 is 0 Å². The highest BCUT2D eigenvalue weighted by atomic mass is 19.1. The van der Waals surface area contributed by atoms with Crippen LogP contribution < -0.4 is 0 Å². The summed E-state index contributed by atoms with van der Waals surface area (Å²) in [4.78, 5) is 0. The Morgan fingerprint density at radius 1 is 1.23 bits per heavy atom. The van der Waals surface area contributed by atoms with Crippen molar-refractivity contribution in [2.75, 3.05) is 0 Å². The van der Waals surface area contributed by atoms with Gasteiger partial charge in [0.1, 0.15) is 6.17 Å². The van der Waals surface area contributed by atoms with Crippen LogP contribution in [0, 0.1) is 23.2 Å². The van der Waals surface area contributed by atoms with Gasteiger partial charge in [0.25, 0.3) is 0 Å². The summed E-state index contributed by atoms with van der Waals surface area (Å²) < 4.78 is 14.3. The average molecular weight is 435 g/mol. The van der Waals surface area contributed by atoms with Crippen LogP contribution in [0.15, 0.2) is 35.5 Å². The number of hydrogen-bond acceptors (Lipinski definition) is 3. The molecule has 0 aromatic carbocycles. The second kappa shape index (κ2) is 9.49. The normalized spacial score (nSPS) is 39.0. The number of hydrogen-bond donors (Lipinski definition) is 3. The van der Waals surface area contributed by atoms with Crippen LogP contribution in [0.5, 0.6) is 0 Å². The van der Waals surface area contributed by atoms with Gasteiger partial charge in [-0.05, 0) is 99.5 Å². The highest BCUT2D eigenvalue weighted by Crippen LogP contribution is 2.60. The van der Waals surface area contributed by atoms with E-state index in [1.165, 1.54) is 31.3 Å². The number of alkyl halides is 1. The Morgan fingerprint density at radius 3 is 2.61 bits per heavy atom. The summed E-state index contributed by atoms with van der Waals surface area (Å²) in [5, 5.41) is 30.1. The second-order valence-electron chi connectivity index (χ2n) is 11.3. The SMILES string of the molecule is C=C1C(=CC=C2CCC[C@]3(C)[C@@H]([C@H](C)CC[C@@H](F)C(C)(C)O)CC[C@@H]23)C[C@H](O)C[C@H]1O. The quantitative estimate of drug-likeness (QED) is 0.506. The maximum absolute atomic E-state index is 14.3. The molecule has 0 spiro atoms. The van der Waals surface area contributed by atoms with E-state index in [0.717, 1.165) is 24.0 Å². The maximum atomic E-state index is 14.3. The second-order valence-corrected chi connectivity index (χ2v) is 11.3. The summed E-state index contributed by atoms with van der Waals surface area (Å²) in [6.07, 6.45) is 10.0. The predicted molar refractivity (Wildman–Crippen MR) is 124 cm³/mol. The lowest BCUT2D eigenvalue weighted by atomic mass is 9.60. The predicted octanol–water partition coefficient (Wildman–Crippen LogP) is 5.65. The fraction of sp³-hybridized carbons (Fsp3) is 0.778. The average Bonchev–Trinajstić information content (AvgIpc) is 3.04. The number of allylic oxidation sites excluding steroid dienone is 3. The van der Waals surface area contributed by atoms with Gasteiger partial charge in [-0.1, -0.05) is 38.2 Å². The topological polar surface area (TPSA) is 60.7 Å². The Hall–Kier alpha value is -0.970. The van der Waals surface area contributed by atoms with E-state index >= 15 is 0 Å². The standard InChI is InChI=1S/C27H43FO3/c1-17(8-13-25(28)26(3,4)31)22-11-12-23-19(7-6-14-27(22,23)5)9-10-20-15-21(29)16-24(30)18(20)2/h9-10,17,21-25,29-31H,2,6-8,11-16H2,1,3-5H3/t17-,21+,22-,23+,24-,25-,27-/m1/s1. The molecule has 3 aliphatic carbocycles. The van der Waals surface area contributed by atoms with E-state index in [1.54, 1.807) is 13.8 Å². The van der Waals surface area contributed by atoms with Gasteiger partial charge in [-0.25, -0.2) is 4.39 Å². The van der Waals surface area contributed by atoms with E-state index in [9.17, 15) is 19.7 Å². The zero-order valence-electron chi connectivity index (χ0n) is 19.9. The van der Waals surface area contributed by atoms with Crippen LogP contribution in [0.25, 0.3) is 0 Å². The van der Waals surface area contributed by atoms with Crippen molar-refractivity contribution >= 4 is 0 Å². The molecule has 0 amide bonds. The molecule has 176 valence electrons. The van der Waals surface area contributed by atoms with Gasteiger partial charge in [0, 0.05) is 6.42 Å². The summed E-state index contributed by atoms with van der Waals surface area (Å²) in [6, 6.07) is 0. The van der Waals surface area contributed by atoms with Crippen LogP contribution in [0.4, 0.5) is 4.39 Å². The summed E-state index contributed by atoms with van der Waals surface area (Å²) in [7, 11) is 0. The molecule has 3 rings (SSSR count). The zero-order valence-corrected chi connectivity index (χ0v) is 19.9. The first-order valence-electron chi connectivity index (χ1n) is 12.2. The molecule has 3 saturated carbocycles. The van der Waals surface area contributed by atoms with Crippen LogP contribution in [0.2, 0.25) is 0 Å². The summed E-state index contributed by atoms with van der Waals surface area (Å²) in [6.45, 7) is 11.8. The summed E-state index contributed by atoms with van der Waals surface area (Å²) in [5.41, 5.74) is 2.17. The first-order chi connectivity index (χ1) is 14.4. The van der Waals surface area contributed by atoms with Crippen LogP contribution in [0.1, 0.15) is 85.5 Å². The molecular formula is C27H43FO3. The minimum Gasteiger partial charge on any atom is -0.393 e. The molecule has 3 N–H and O–H groups in total. The van der Waals surface area contributed by atoms with E-state index in [0.29, 0.717) is 37.0 Å². The van der Waals surface area contributed by atoms with Crippen molar-refractivity contribution in [3.05, 3.63) is 35.5 Å². The number of aliphatic hydroxyl groups excluding tert-OH is 2. The van der Waals surface area contributed by atoms with Crippen LogP contribution in [-0.4, -0.2) is 39.3 Å². The molecule has 0 bridgehead atoms. The number of rotatable bonds is 6. The number of halogens is 1. The van der Waals surface area contributed by atoms with E-state index < -0.39 is 24.0 Å². The minimum absolute atomic E-state index is 0.241. The van der Waals surface area contributed by atoms with Crippen molar-refractivity contribution < 1.29 is 19.7 Å². The first kappa shape index (κ1) is 24.7. The molecule has 0 aromatic rings. The van der Waals surface area contributed by atoms with Crippen molar-refractivity contribution in [2.24, 2.45) is 23.2 Å². The molecule has 3 aliphatic rings.